The van der Waals surface area contributed by atoms with Crippen LogP contribution in [0.5, 0.6) is 0 Å². The quantitative estimate of drug-likeness (QED) is 0.696. The van der Waals surface area contributed by atoms with E-state index in [9.17, 15) is 8.42 Å². The van der Waals surface area contributed by atoms with E-state index in [1.165, 1.54) is 6.42 Å². The average Bonchev–Trinajstić information content (AvgIpc) is 2.38. The maximum atomic E-state index is 11.4. The van der Waals surface area contributed by atoms with Crippen LogP contribution in [0.4, 0.5) is 11.6 Å². The number of H-pyrrole nitrogens is 1. The van der Waals surface area contributed by atoms with Crippen LogP contribution in [0.1, 0.15) is 19.3 Å². The van der Waals surface area contributed by atoms with Crippen LogP contribution in [-0.4, -0.2) is 30.9 Å². The van der Waals surface area contributed by atoms with Crippen molar-refractivity contribution < 1.29 is 8.42 Å². The molecule has 15 heavy (non-hydrogen) atoms. The van der Waals surface area contributed by atoms with Crippen molar-refractivity contribution in [1.82, 2.24) is 10.2 Å². The predicted molar refractivity (Wildman–Crippen MR) is 57.4 cm³/mol. The summed E-state index contributed by atoms with van der Waals surface area (Å²) in [6.07, 6.45) is 4.40. The smallest absolute Gasteiger partial charge is 0.182 e. The Morgan fingerprint density at radius 3 is 2.67 bits per heavy atom. The molecule has 84 valence electrons. The molecule has 1 aliphatic carbocycles. The Balaban J connectivity index is 2.31. The zero-order chi connectivity index (χ0) is 11.1. The van der Waals surface area contributed by atoms with Gasteiger partial charge in [0.25, 0.3) is 0 Å². The molecule has 1 aromatic heterocycles. The van der Waals surface area contributed by atoms with E-state index in [1.54, 1.807) is 0 Å². The van der Waals surface area contributed by atoms with Crippen molar-refractivity contribution >= 4 is 21.5 Å². The van der Waals surface area contributed by atoms with E-state index in [-0.39, 0.29) is 10.7 Å². The monoisotopic (exact) mass is 230 g/mol. The van der Waals surface area contributed by atoms with E-state index in [0.29, 0.717) is 11.9 Å². The zero-order valence-corrected chi connectivity index (χ0v) is 9.26. The Labute approximate surface area is 88.2 Å². The lowest BCUT2D eigenvalue weighted by Crippen LogP contribution is -2.27. The molecule has 1 saturated carbocycles. The third-order valence-corrected chi connectivity index (χ3v) is 3.72. The van der Waals surface area contributed by atoms with Gasteiger partial charge in [-0.2, -0.15) is 5.10 Å². The highest BCUT2D eigenvalue weighted by Gasteiger charge is 2.25. The largest absolute Gasteiger partial charge is 0.383 e. The molecule has 1 aromatic rings. The van der Waals surface area contributed by atoms with Gasteiger partial charge in [-0.05, 0) is 19.3 Å². The number of anilines is 2. The predicted octanol–water partition coefficient (Wildman–Crippen LogP) is 0.360. The van der Waals surface area contributed by atoms with Crippen molar-refractivity contribution in [2.75, 3.05) is 17.3 Å². The van der Waals surface area contributed by atoms with Crippen LogP contribution in [0.3, 0.4) is 0 Å². The molecule has 0 spiro atoms. The molecule has 2 rings (SSSR count). The summed E-state index contributed by atoms with van der Waals surface area (Å²) in [5.74, 6) is 0.444. The number of nitrogens with two attached hydrogens (primary N) is 1. The Morgan fingerprint density at radius 2 is 2.20 bits per heavy atom. The lowest BCUT2D eigenvalue weighted by Gasteiger charge is -2.26. The van der Waals surface area contributed by atoms with Crippen molar-refractivity contribution in [3.8, 4) is 0 Å². The van der Waals surface area contributed by atoms with Crippen LogP contribution in [0.2, 0.25) is 0 Å². The molecule has 0 aromatic carbocycles. The van der Waals surface area contributed by atoms with E-state index >= 15 is 0 Å². The number of nitrogens with one attached hydrogen (secondary N) is 2. The molecule has 0 saturated heterocycles. The normalized spacial score (nSPS) is 17.4. The van der Waals surface area contributed by atoms with E-state index in [4.69, 9.17) is 5.73 Å². The van der Waals surface area contributed by atoms with Gasteiger partial charge in [-0.1, -0.05) is 0 Å². The fraction of sp³-hybridized carbons (Fsp3) is 0.625. The van der Waals surface area contributed by atoms with E-state index < -0.39 is 9.84 Å². The zero-order valence-electron chi connectivity index (χ0n) is 8.45. The highest BCUT2D eigenvalue weighted by Crippen LogP contribution is 2.28. The van der Waals surface area contributed by atoms with Crippen molar-refractivity contribution in [3.63, 3.8) is 0 Å². The second-order valence-corrected chi connectivity index (χ2v) is 5.81. The Kier molecular flexibility index (Phi) is 2.34. The van der Waals surface area contributed by atoms with Crippen LogP contribution in [0.25, 0.3) is 0 Å². The highest BCUT2D eigenvalue weighted by atomic mass is 32.2. The first-order valence-corrected chi connectivity index (χ1v) is 6.68. The first-order chi connectivity index (χ1) is 6.98. The average molecular weight is 230 g/mol. The number of nitrogens with zero attached hydrogens (tertiary/aromatic N) is 1. The SMILES string of the molecule is CS(=O)(=O)c1c(NC2CCC2)n[nH]c1N. The van der Waals surface area contributed by atoms with Gasteiger partial charge >= 0.3 is 0 Å². The van der Waals surface area contributed by atoms with Crippen LogP contribution in [-0.2, 0) is 9.84 Å². The topological polar surface area (TPSA) is 101 Å². The van der Waals surface area contributed by atoms with E-state index in [0.717, 1.165) is 19.1 Å². The number of rotatable bonds is 3. The van der Waals surface area contributed by atoms with Gasteiger partial charge in [0.05, 0.1) is 0 Å². The summed E-state index contributed by atoms with van der Waals surface area (Å²) >= 11 is 0. The number of hydrogen-bond donors (Lipinski definition) is 3. The molecule has 1 aliphatic rings. The number of aromatic amines is 1. The lowest BCUT2D eigenvalue weighted by molar-refractivity contribution is 0.443. The number of nitrogen functional groups attached to an aromatic ring is 1. The van der Waals surface area contributed by atoms with Crippen LogP contribution >= 0.6 is 0 Å². The Bertz CT molecular complexity index is 461. The molecule has 7 heteroatoms. The van der Waals surface area contributed by atoms with Crippen LogP contribution in [0, 0.1) is 0 Å². The molecule has 4 N–H and O–H groups in total. The lowest BCUT2D eigenvalue weighted by atomic mass is 9.93. The van der Waals surface area contributed by atoms with E-state index in [2.05, 4.69) is 15.5 Å². The van der Waals surface area contributed by atoms with Gasteiger partial charge in [0.15, 0.2) is 20.6 Å². The second-order valence-electron chi connectivity index (χ2n) is 3.86. The molecule has 0 radical (unpaired) electrons. The summed E-state index contributed by atoms with van der Waals surface area (Å²) in [7, 11) is -3.33. The highest BCUT2D eigenvalue weighted by molar-refractivity contribution is 7.91. The molecule has 0 bridgehead atoms. The summed E-state index contributed by atoms with van der Waals surface area (Å²) < 4.78 is 22.9. The summed E-state index contributed by atoms with van der Waals surface area (Å²) in [5.41, 5.74) is 5.53. The minimum absolute atomic E-state index is 0.0781. The second kappa shape index (κ2) is 3.41. The summed E-state index contributed by atoms with van der Waals surface area (Å²) in [6.45, 7) is 0. The fourth-order valence-electron chi connectivity index (χ4n) is 1.56. The van der Waals surface area contributed by atoms with Crippen molar-refractivity contribution in [1.29, 1.82) is 0 Å². The molecular weight excluding hydrogens is 216 g/mol. The van der Waals surface area contributed by atoms with Gasteiger partial charge in [-0.25, -0.2) is 8.42 Å². The van der Waals surface area contributed by atoms with Gasteiger partial charge in [0.1, 0.15) is 5.82 Å². The van der Waals surface area contributed by atoms with Crippen molar-refractivity contribution in [3.05, 3.63) is 0 Å². The van der Waals surface area contributed by atoms with Crippen molar-refractivity contribution in [2.45, 2.75) is 30.2 Å². The fourth-order valence-corrected chi connectivity index (χ4v) is 2.47. The minimum atomic E-state index is -3.33. The van der Waals surface area contributed by atoms with Gasteiger partial charge in [-0.3, -0.25) is 5.10 Å². The summed E-state index contributed by atoms with van der Waals surface area (Å²) in [4.78, 5) is 0.0781. The third-order valence-electron chi connectivity index (χ3n) is 2.56. The molecule has 0 amide bonds. The van der Waals surface area contributed by atoms with Gasteiger partial charge in [0, 0.05) is 12.3 Å². The molecular formula is C8H14N4O2S. The first kappa shape index (κ1) is 10.3. The maximum absolute atomic E-state index is 11.4. The minimum Gasteiger partial charge on any atom is -0.383 e. The third kappa shape index (κ3) is 1.92. The standard InChI is InChI=1S/C8H14N4O2S/c1-15(13,14)6-7(9)11-12-8(6)10-5-3-2-4-5/h5H,2-4H2,1H3,(H4,9,10,11,12). The van der Waals surface area contributed by atoms with Crippen LogP contribution < -0.4 is 11.1 Å². The van der Waals surface area contributed by atoms with E-state index in [1.807, 2.05) is 0 Å². The number of hydrogen-bond acceptors (Lipinski definition) is 5. The molecule has 0 unspecified atom stereocenters. The molecule has 1 heterocycles. The number of aromatic nitrogens is 2. The van der Waals surface area contributed by atoms with Crippen molar-refractivity contribution in [2.24, 2.45) is 0 Å². The number of sulfone groups is 1. The molecule has 6 nitrogen and oxygen atoms in total. The maximum Gasteiger partial charge on any atom is 0.182 e. The summed E-state index contributed by atoms with van der Waals surface area (Å²) in [6, 6.07) is 0.327. The molecule has 0 atom stereocenters. The van der Waals surface area contributed by atoms with Gasteiger partial charge in [-0.15, -0.1) is 0 Å². The Morgan fingerprint density at radius 1 is 1.53 bits per heavy atom. The van der Waals surface area contributed by atoms with Gasteiger partial charge < -0.3 is 11.1 Å². The Hall–Kier alpha value is -1.24. The molecule has 1 fully saturated rings. The van der Waals surface area contributed by atoms with Gasteiger partial charge in [0.2, 0.25) is 0 Å². The molecule has 0 aliphatic heterocycles. The van der Waals surface area contributed by atoms with Crippen LogP contribution in [0.15, 0.2) is 4.90 Å². The summed E-state index contributed by atoms with van der Waals surface area (Å²) in [5, 5.41) is 9.42. The first-order valence-electron chi connectivity index (χ1n) is 4.79.